The van der Waals surface area contributed by atoms with Crippen LogP contribution in [0.1, 0.15) is 25.3 Å². The fourth-order valence-corrected chi connectivity index (χ4v) is 2.80. The third kappa shape index (κ3) is 2.80. The number of hydrogen-bond donors (Lipinski definition) is 1. The molecule has 0 amide bonds. The molecule has 0 spiro atoms. The molecule has 1 aromatic heterocycles. The molecule has 1 aliphatic heterocycles. The van der Waals surface area contributed by atoms with Crippen LogP contribution in [-0.2, 0) is 0 Å². The predicted octanol–water partition coefficient (Wildman–Crippen LogP) is 2.91. The largest absolute Gasteiger partial charge is 0.317 e. The van der Waals surface area contributed by atoms with Crippen molar-refractivity contribution in [3.05, 3.63) is 35.5 Å². The van der Waals surface area contributed by atoms with Gasteiger partial charge in [0, 0.05) is 10.6 Å². The van der Waals surface area contributed by atoms with Crippen LogP contribution in [0.5, 0.6) is 0 Å². The average Bonchev–Trinajstić information content (AvgIpc) is 2.75. The van der Waals surface area contributed by atoms with Gasteiger partial charge in [0.25, 0.3) is 0 Å². The number of hydrogen-bond acceptors (Lipinski definition) is 3. The molecule has 0 saturated carbocycles. The summed E-state index contributed by atoms with van der Waals surface area (Å²) in [6.45, 7) is 2.14. The van der Waals surface area contributed by atoms with Gasteiger partial charge in [-0.25, -0.2) is 4.68 Å². The van der Waals surface area contributed by atoms with Crippen molar-refractivity contribution < 1.29 is 0 Å². The SMILES string of the molecule is Clc1cccc(-c2cnnn2C2CCCNCC2)c1. The van der Waals surface area contributed by atoms with Gasteiger partial charge in [-0.2, -0.15) is 0 Å². The maximum atomic E-state index is 6.07. The highest BCUT2D eigenvalue weighted by molar-refractivity contribution is 6.30. The lowest BCUT2D eigenvalue weighted by molar-refractivity contribution is 0.408. The molecule has 0 aliphatic carbocycles. The van der Waals surface area contributed by atoms with E-state index in [0.717, 1.165) is 42.2 Å². The van der Waals surface area contributed by atoms with Crippen molar-refractivity contribution in [2.45, 2.75) is 25.3 Å². The van der Waals surface area contributed by atoms with Crippen LogP contribution in [0.3, 0.4) is 0 Å². The van der Waals surface area contributed by atoms with Gasteiger partial charge in [0.2, 0.25) is 0 Å². The van der Waals surface area contributed by atoms with Gasteiger partial charge < -0.3 is 5.32 Å². The van der Waals surface area contributed by atoms with Gasteiger partial charge in [-0.05, 0) is 44.5 Å². The zero-order valence-electron chi connectivity index (χ0n) is 10.7. The van der Waals surface area contributed by atoms with E-state index in [4.69, 9.17) is 11.6 Å². The first-order valence-corrected chi connectivity index (χ1v) is 7.09. The summed E-state index contributed by atoms with van der Waals surface area (Å²) in [5, 5.41) is 12.5. The Morgan fingerprint density at radius 2 is 2.21 bits per heavy atom. The Labute approximate surface area is 117 Å². The van der Waals surface area contributed by atoms with E-state index in [9.17, 15) is 0 Å². The van der Waals surface area contributed by atoms with Gasteiger partial charge in [0.1, 0.15) is 0 Å². The van der Waals surface area contributed by atoms with Crippen LogP contribution in [0.4, 0.5) is 0 Å². The Hall–Kier alpha value is -1.39. The Morgan fingerprint density at radius 3 is 3.11 bits per heavy atom. The van der Waals surface area contributed by atoms with Crippen LogP contribution in [0, 0.1) is 0 Å². The maximum absolute atomic E-state index is 6.07. The van der Waals surface area contributed by atoms with Crippen molar-refractivity contribution in [3.63, 3.8) is 0 Å². The highest BCUT2D eigenvalue weighted by atomic mass is 35.5. The van der Waals surface area contributed by atoms with Gasteiger partial charge in [-0.3, -0.25) is 0 Å². The van der Waals surface area contributed by atoms with Crippen molar-refractivity contribution in [1.82, 2.24) is 20.3 Å². The molecule has 5 heteroatoms. The number of rotatable bonds is 2. The van der Waals surface area contributed by atoms with E-state index in [1.807, 2.05) is 24.4 Å². The number of benzene rings is 1. The molecule has 19 heavy (non-hydrogen) atoms. The van der Waals surface area contributed by atoms with E-state index in [1.54, 1.807) is 0 Å². The van der Waals surface area contributed by atoms with Crippen LogP contribution < -0.4 is 5.32 Å². The second kappa shape index (κ2) is 5.72. The van der Waals surface area contributed by atoms with E-state index >= 15 is 0 Å². The highest BCUT2D eigenvalue weighted by Crippen LogP contribution is 2.27. The summed E-state index contributed by atoms with van der Waals surface area (Å²) in [5.41, 5.74) is 2.13. The Kier molecular flexibility index (Phi) is 3.80. The molecule has 1 aliphatic rings. The van der Waals surface area contributed by atoms with Gasteiger partial charge in [-0.1, -0.05) is 28.9 Å². The van der Waals surface area contributed by atoms with Crippen molar-refractivity contribution in [3.8, 4) is 11.3 Å². The summed E-state index contributed by atoms with van der Waals surface area (Å²) in [7, 11) is 0. The van der Waals surface area contributed by atoms with Gasteiger partial charge in [0.05, 0.1) is 17.9 Å². The highest BCUT2D eigenvalue weighted by Gasteiger charge is 2.18. The van der Waals surface area contributed by atoms with Crippen molar-refractivity contribution >= 4 is 11.6 Å². The van der Waals surface area contributed by atoms with E-state index in [-0.39, 0.29) is 0 Å². The molecular formula is C14H17ClN4. The summed E-state index contributed by atoms with van der Waals surface area (Å²) in [5.74, 6) is 0. The summed E-state index contributed by atoms with van der Waals surface area (Å²) >= 11 is 6.07. The van der Waals surface area contributed by atoms with Crippen molar-refractivity contribution in [2.24, 2.45) is 0 Å². The van der Waals surface area contributed by atoms with Gasteiger partial charge >= 0.3 is 0 Å². The minimum atomic E-state index is 0.423. The average molecular weight is 277 g/mol. The zero-order chi connectivity index (χ0) is 13.1. The smallest absolute Gasteiger partial charge is 0.0889 e. The zero-order valence-corrected chi connectivity index (χ0v) is 11.5. The van der Waals surface area contributed by atoms with E-state index in [1.165, 1.54) is 6.42 Å². The minimum absolute atomic E-state index is 0.423. The summed E-state index contributed by atoms with van der Waals surface area (Å²) in [6.07, 6.45) is 5.24. The molecule has 1 saturated heterocycles. The van der Waals surface area contributed by atoms with E-state index < -0.39 is 0 Å². The molecule has 2 heterocycles. The van der Waals surface area contributed by atoms with Gasteiger partial charge in [0.15, 0.2) is 0 Å². The molecule has 1 fully saturated rings. The molecule has 1 aromatic carbocycles. The molecule has 0 radical (unpaired) electrons. The third-order valence-electron chi connectivity index (χ3n) is 3.59. The number of aromatic nitrogens is 3. The summed E-state index contributed by atoms with van der Waals surface area (Å²) in [4.78, 5) is 0. The molecule has 1 unspecified atom stereocenters. The molecule has 3 rings (SSSR count). The first kappa shape index (κ1) is 12.6. The van der Waals surface area contributed by atoms with Crippen LogP contribution in [0.2, 0.25) is 5.02 Å². The van der Waals surface area contributed by atoms with Crippen molar-refractivity contribution in [1.29, 1.82) is 0 Å². The third-order valence-corrected chi connectivity index (χ3v) is 3.82. The lowest BCUT2D eigenvalue weighted by Gasteiger charge is -2.16. The van der Waals surface area contributed by atoms with Gasteiger partial charge in [-0.15, -0.1) is 5.10 Å². The second-order valence-corrected chi connectivity index (χ2v) is 5.35. The fraction of sp³-hybridized carbons (Fsp3) is 0.429. The molecular weight excluding hydrogens is 260 g/mol. The number of halogens is 1. The topological polar surface area (TPSA) is 42.7 Å². The standard InChI is InChI=1S/C14H17ClN4/c15-12-4-1-3-11(9-12)14-10-17-18-19(14)13-5-2-7-16-8-6-13/h1,3-4,9-10,13,16H,2,5-8H2. The van der Waals surface area contributed by atoms with E-state index in [2.05, 4.69) is 26.4 Å². The second-order valence-electron chi connectivity index (χ2n) is 4.91. The monoisotopic (exact) mass is 276 g/mol. The van der Waals surface area contributed by atoms with Crippen LogP contribution >= 0.6 is 11.6 Å². The lowest BCUT2D eigenvalue weighted by Crippen LogP contribution is -2.16. The van der Waals surface area contributed by atoms with Crippen molar-refractivity contribution in [2.75, 3.05) is 13.1 Å². The lowest BCUT2D eigenvalue weighted by atomic mass is 10.1. The molecule has 100 valence electrons. The molecule has 4 nitrogen and oxygen atoms in total. The van der Waals surface area contributed by atoms with Crippen LogP contribution in [0.15, 0.2) is 30.5 Å². The number of nitrogens with one attached hydrogen (secondary N) is 1. The first-order valence-electron chi connectivity index (χ1n) is 6.71. The summed E-state index contributed by atoms with van der Waals surface area (Å²) < 4.78 is 2.05. The molecule has 2 aromatic rings. The molecule has 1 atom stereocenters. The van der Waals surface area contributed by atoms with Crippen LogP contribution in [0.25, 0.3) is 11.3 Å². The minimum Gasteiger partial charge on any atom is -0.317 e. The van der Waals surface area contributed by atoms with E-state index in [0.29, 0.717) is 6.04 Å². The predicted molar refractivity (Wildman–Crippen MR) is 76.2 cm³/mol. The number of nitrogens with zero attached hydrogens (tertiary/aromatic N) is 3. The molecule has 1 N–H and O–H groups in total. The summed E-state index contributed by atoms with van der Waals surface area (Å²) in [6, 6.07) is 8.28. The van der Waals surface area contributed by atoms with Crippen LogP contribution in [-0.4, -0.2) is 28.1 Å². The fourth-order valence-electron chi connectivity index (χ4n) is 2.61. The normalized spacial score (nSPS) is 20.2. The quantitative estimate of drug-likeness (QED) is 0.917. The Morgan fingerprint density at radius 1 is 1.26 bits per heavy atom. The maximum Gasteiger partial charge on any atom is 0.0889 e. The Balaban J connectivity index is 1.93. The first-order chi connectivity index (χ1) is 9.34. The Bertz CT molecular complexity index is 544. The molecule has 0 bridgehead atoms.